The molecule has 6 nitrogen and oxygen atoms in total. The monoisotopic (exact) mass is 385 g/mol. The number of benzene rings is 1. The molecule has 7 heteroatoms. The van der Waals surface area contributed by atoms with E-state index in [1.807, 2.05) is 12.1 Å². The molecule has 0 unspecified atom stereocenters. The minimum atomic E-state index is -0.294. The predicted octanol–water partition coefficient (Wildman–Crippen LogP) is 4.49. The number of carbonyl (C=O) groups excluding carboxylic acids is 1. The molecule has 0 aliphatic carbocycles. The third kappa shape index (κ3) is 3.98. The second-order valence-electron chi connectivity index (χ2n) is 6.12. The number of hydrogen-bond acceptors (Lipinski definition) is 6. The molecule has 27 heavy (non-hydrogen) atoms. The Labute approximate surface area is 162 Å². The number of fused-ring (bicyclic) bond motifs is 1. The number of aryl methyl sites for hydroxylation is 1. The van der Waals surface area contributed by atoms with Gasteiger partial charge in [0.05, 0.1) is 25.6 Å². The molecule has 1 aromatic carbocycles. The van der Waals surface area contributed by atoms with E-state index in [1.165, 1.54) is 11.3 Å². The Hall–Kier alpha value is -2.80. The molecule has 0 radical (unpaired) electrons. The summed E-state index contributed by atoms with van der Waals surface area (Å²) in [5, 5.41) is 3.67. The molecule has 0 fully saturated rings. The number of methoxy groups -OCH3 is 2. The highest BCUT2D eigenvalue weighted by molar-refractivity contribution is 7.21. The average molecular weight is 385 g/mol. The number of carbonyl (C=O) groups is 1. The number of aromatic nitrogens is 1. The molecule has 1 amide bonds. The molecule has 2 heterocycles. The summed E-state index contributed by atoms with van der Waals surface area (Å²) in [5.41, 5.74) is 8.22. The van der Waals surface area contributed by atoms with Crippen LogP contribution < -0.4 is 20.5 Å². The summed E-state index contributed by atoms with van der Waals surface area (Å²) in [6, 6.07) is 9.14. The van der Waals surface area contributed by atoms with Crippen molar-refractivity contribution in [1.29, 1.82) is 0 Å². The van der Waals surface area contributed by atoms with Gasteiger partial charge >= 0.3 is 0 Å². The fourth-order valence-corrected chi connectivity index (χ4v) is 3.80. The number of unbranched alkanes of at least 4 members (excludes halogenated alkanes) is 1. The van der Waals surface area contributed by atoms with Crippen LogP contribution in [0.5, 0.6) is 11.5 Å². The van der Waals surface area contributed by atoms with Crippen LogP contribution in [-0.4, -0.2) is 25.1 Å². The summed E-state index contributed by atoms with van der Waals surface area (Å²) >= 11 is 1.30. The Balaban J connectivity index is 1.90. The number of nitrogens with one attached hydrogen (secondary N) is 1. The van der Waals surface area contributed by atoms with Crippen LogP contribution in [0.4, 0.5) is 11.4 Å². The van der Waals surface area contributed by atoms with E-state index in [9.17, 15) is 4.79 Å². The van der Waals surface area contributed by atoms with Gasteiger partial charge in [-0.3, -0.25) is 4.79 Å². The summed E-state index contributed by atoms with van der Waals surface area (Å²) in [5.74, 6) is 0.874. The third-order valence-electron chi connectivity index (χ3n) is 4.30. The number of nitrogens with zero attached hydrogens (tertiary/aromatic N) is 1. The predicted molar refractivity (Wildman–Crippen MR) is 110 cm³/mol. The second-order valence-corrected chi connectivity index (χ2v) is 7.12. The van der Waals surface area contributed by atoms with Gasteiger partial charge in [0.15, 0.2) is 0 Å². The zero-order valence-corrected chi connectivity index (χ0v) is 16.5. The Morgan fingerprint density at radius 3 is 2.74 bits per heavy atom. The maximum atomic E-state index is 12.8. The molecule has 3 rings (SSSR count). The lowest BCUT2D eigenvalue weighted by molar-refractivity contribution is 0.103. The van der Waals surface area contributed by atoms with E-state index < -0.39 is 0 Å². The van der Waals surface area contributed by atoms with Crippen molar-refractivity contribution in [2.45, 2.75) is 26.2 Å². The Morgan fingerprint density at radius 2 is 2.04 bits per heavy atom. The smallest absolute Gasteiger partial charge is 0.268 e. The number of rotatable bonds is 7. The van der Waals surface area contributed by atoms with E-state index >= 15 is 0 Å². The van der Waals surface area contributed by atoms with Crippen molar-refractivity contribution in [2.24, 2.45) is 0 Å². The molecule has 0 atom stereocenters. The van der Waals surface area contributed by atoms with E-state index in [2.05, 4.69) is 17.2 Å². The van der Waals surface area contributed by atoms with Crippen LogP contribution in [0.25, 0.3) is 10.2 Å². The van der Waals surface area contributed by atoms with E-state index in [0.717, 1.165) is 35.2 Å². The fourth-order valence-electron chi connectivity index (χ4n) is 2.79. The maximum Gasteiger partial charge on any atom is 0.268 e. The highest BCUT2D eigenvalue weighted by atomic mass is 32.1. The number of thiophene rings is 1. The van der Waals surface area contributed by atoms with Crippen molar-refractivity contribution < 1.29 is 14.3 Å². The first kappa shape index (κ1) is 19.0. The lowest BCUT2D eigenvalue weighted by Gasteiger charge is -2.11. The Bertz CT molecular complexity index is 969. The van der Waals surface area contributed by atoms with Crippen LogP contribution in [-0.2, 0) is 6.42 Å². The lowest BCUT2D eigenvalue weighted by atomic mass is 10.1. The number of pyridine rings is 1. The maximum absolute atomic E-state index is 12.8. The van der Waals surface area contributed by atoms with Gasteiger partial charge in [-0.05, 0) is 37.1 Å². The summed E-state index contributed by atoms with van der Waals surface area (Å²) in [6.45, 7) is 2.15. The molecule has 0 aliphatic heterocycles. The molecule has 0 saturated carbocycles. The van der Waals surface area contributed by atoms with Crippen molar-refractivity contribution in [3.8, 4) is 11.5 Å². The SMILES string of the molecule is CCCCc1ccc2c(N)c(C(=O)Nc3cc(OC)ccc3OC)sc2n1. The molecule has 142 valence electrons. The molecule has 3 aromatic rings. The molecule has 0 bridgehead atoms. The van der Waals surface area contributed by atoms with Crippen molar-refractivity contribution >= 4 is 38.8 Å². The van der Waals surface area contributed by atoms with Crippen molar-refractivity contribution in [3.05, 3.63) is 40.9 Å². The summed E-state index contributed by atoms with van der Waals surface area (Å²) < 4.78 is 10.5. The van der Waals surface area contributed by atoms with Crippen LogP contribution >= 0.6 is 11.3 Å². The molecule has 0 spiro atoms. The van der Waals surface area contributed by atoms with E-state index in [-0.39, 0.29) is 5.91 Å². The first-order valence-corrected chi connectivity index (χ1v) is 9.60. The minimum Gasteiger partial charge on any atom is -0.497 e. The zero-order valence-electron chi connectivity index (χ0n) is 15.7. The largest absolute Gasteiger partial charge is 0.497 e. The van der Waals surface area contributed by atoms with E-state index in [4.69, 9.17) is 15.2 Å². The van der Waals surface area contributed by atoms with Gasteiger partial charge in [-0.25, -0.2) is 4.98 Å². The Morgan fingerprint density at radius 1 is 1.22 bits per heavy atom. The van der Waals surface area contributed by atoms with Crippen LogP contribution in [0.2, 0.25) is 0 Å². The van der Waals surface area contributed by atoms with Gasteiger partial charge in [0.1, 0.15) is 21.2 Å². The summed E-state index contributed by atoms with van der Waals surface area (Å²) in [6.07, 6.45) is 3.12. The van der Waals surface area contributed by atoms with Gasteiger partial charge in [-0.1, -0.05) is 13.3 Å². The highest BCUT2D eigenvalue weighted by Crippen LogP contribution is 2.35. The van der Waals surface area contributed by atoms with Gasteiger partial charge in [-0.2, -0.15) is 0 Å². The van der Waals surface area contributed by atoms with Gasteiger partial charge < -0.3 is 20.5 Å². The number of hydrogen-bond donors (Lipinski definition) is 2. The topological polar surface area (TPSA) is 86.5 Å². The van der Waals surface area contributed by atoms with Gasteiger partial charge in [0, 0.05) is 17.1 Å². The van der Waals surface area contributed by atoms with Gasteiger partial charge in [0.2, 0.25) is 0 Å². The summed E-state index contributed by atoms with van der Waals surface area (Å²) in [4.78, 5) is 18.7. The number of anilines is 2. The van der Waals surface area contributed by atoms with E-state index in [0.29, 0.717) is 27.8 Å². The molecular formula is C20H23N3O3S. The normalized spacial score (nSPS) is 10.8. The number of ether oxygens (including phenoxy) is 2. The quantitative estimate of drug-likeness (QED) is 0.626. The van der Waals surface area contributed by atoms with Crippen LogP contribution in [0, 0.1) is 0 Å². The molecule has 0 saturated heterocycles. The fraction of sp³-hybridized carbons (Fsp3) is 0.300. The average Bonchev–Trinajstić information content (AvgIpc) is 3.02. The van der Waals surface area contributed by atoms with Gasteiger partial charge in [-0.15, -0.1) is 11.3 Å². The highest BCUT2D eigenvalue weighted by Gasteiger charge is 2.19. The van der Waals surface area contributed by atoms with Crippen LogP contribution in [0.1, 0.15) is 35.1 Å². The second kappa shape index (κ2) is 8.26. The molecule has 2 aromatic heterocycles. The standard InChI is InChI=1S/C20H23N3O3S/c1-4-5-6-12-7-9-14-17(21)18(27-20(14)22-12)19(24)23-15-11-13(25-2)8-10-16(15)26-3/h7-11H,4-6,21H2,1-3H3,(H,23,24). The number of nitrogens with two attached hydrogens (primary N) is 1. The first-order chi connectivity index (χ1) is 13.1. The minimum absolute atomic E-state index is 0.294. The van der Waals surface area contributed by atoms with Gasteiger partial charge in [0.25, 0.3) is 5.91 Å². The van der Waals surface area contributed by atoms with E-state index in [1.54, 1.807) is 32.4 Å². The zero-order chi connectivity index (χ0) is 19.4. The number of amides is 1. The molecule has 0 aliphatic rings. The van der Waals surface area contributed by atoms with Crippen LogP contribution in [0.3, 0.4) is 0 Å². The third-order valence-corrected chi connectivity index (χ3v) is 5.41. The van der Waals surface area contributed by atoms with Crippen molar-refractivity contribution in [3.63, 3.8) is 0 Å². The van der Waals surface area contributed by atoms with Crippen molar-refractivity contribution in [1.82, 2.24) is 4.98 Å². The first-order valence-electron chi connectivity index (χ1n) is 8.78. The van der Waals surface area contributed by atoms with Crippen LogP contribution in [0.15, 0.2) is 30.3 Å². The Kier molecular flexibility index (Phi) is 5.81. The molecular weight excluding hydrogens is 362 g/mol. The van der Waals surface area contributed by atoms with Crippen molar-refractivity contribution in [2.75, 3.05) is 25.3 Å². The lowest BCUT2D eigenvalue weighted by Crippen LogP contribution is -2.12. The molecule has 3 N–H and O–H groups in total. The number of nitrogen functional groups attached to an aromatic ring is 1. The summed E-state index contributed by atoms with van der Waals surface area (Å²) in [7, 11) is 3.12.